The fourth-order valence-electron chi connectivity index (χ4n) is 3.87. The zero-order valence-electron chi connectivity index (χ0n) is 15.8. The van der Waals surface area contributed by atoms with Crippen LogP contribution in [0.25, 0.3) is 0 Å². The van der Waals surface area contributed by atoms with Gasteiger partial charge in [-0.25, -0.2) is 8.42 Å². The van der Waals surface area contributed by atoms with Crippen molar-refractivity contribution in [3.05, 3.63) is 29.8 Å². The van der Waals surface area contributed by atoms with Gasteiger partial charge < -0.3 is 11.1 Å². The molecule has 1 unspecified atom stereocenters. The fraction of sp³-hybridized carbons (Fsp3) is 0.632. The largest absolute Gasteiger partial charge is 0.349 e. The maximum atomic E-state index is 12.8. The zero-order valence-corrected chi connectivity index (χ0v) is 17.4. The van der Waals surface area contributed by atoms with Gasteiger partial charge in [0.25, 0.3) is 5.91 Å². The summed E-state index contributed by atoms with van der Waals surface area (Å²) in [4.78, 5) is 12.7. The van der Waals surface area contributed by atoms with Crippen LogP contribution in [0.5, 0.6) is 0 Å². The highest BCUT2D eigenvalue weighted by Crippen LogP contribution is 2.25. The van der Waals surface area contributed by atoms with Crippen LogP contribution in [-0.4, -0.2) is 43.3 Å². The Hall–Kier alpha value is -1.15. The average Bonchev–Trinajstić information content (AvgIpc) is 2.64. The maximum absolute atomic E-state index is 12.8. The number of piperidine rings is 1. The Labute approximate surface area is 168 Å². The van der Waals surface area contributed by atoms with Crippen molar-refractivity contribution in [2.24, 2.45) is 5.73 Å². The smallest absolute Gasteiger partial charge is 0.251 e. The Bertz CT molecular complexity index is 731. The molecular formula is C19H30ClN3O3S. The highest BCUT2D eigenvalue weighted by molar-refractivity contribution is 7.89. The second-order valence-corrected chi connectivity index (χ2v) is 9.46. The third-order valence-electron chi connectivity index (χ3n) is 5.57. The van der Waals surface area contributed by atoms with Crippen LogP contribution in [0.2, 0.25) is 0 Å². The number of hydrogen-bond acceptors (Lipinski definition) is 4. The number of carbonyl (C=O) groups is 1. The summed E-state index contributed by atoms with van der Waals surface area (Å²) in [7, 11) is -3.50. The van der Waals surface area contributed by atoms with Crippen molar-refractivity contribution in [1.29, 1.82) is 0 Å². The minimum atomic E-state index is -3.50. The van der Waals surface area contributed by atoms with E-state index in [1.165, 1.54) is 0 Å². The van der Waals surface area contributed by atoms with E-state index in [4.69, 9.17) is 5.73 Å². The van der Waals surface area contributed by atoms with Crippen molar-refractivity contribution >= 4 is 28.3 Å². The molecule has 6 nitrogen and oxygen atoms in total. The van der Waals surface area contributed by atoms with E-state index in [1.807, 2.05) is 6.92 Å². The van der Waals surface area contributed by atoms with E-state index in [1.54, 1.807) is 28.6 Å². The Balaban J connectivity index is 0.00000261. The van der Waals surface area contributed by atoms with Gasteiger partial charge in [-0.05, 0) is 69.7 Å². The molecule has 0 radical (unpaired) electrons. The van der Waals surface area contributed by atoms with Crippen LogP contribution in [0, 0.1) is 0 Å². The van der Waals surface area contributed by atoms with Crippen molar-refractivity contribution in [3.8, 4) is 0 Å². The Kier molecular flexibility index (Phi) is 7.68. The van der Waals surface area contributed by atoms with E-state index >= 15 is 0 Å². The highest BCUT2D eigenvalue weighted by Gasteiger charge is 2.31. The summed E-state index contributed by atoms with van der Waals surface area (Å²) in [5.41, 5.74) is 6.39. The minimum Gasteiger partial charge on any atom is -0.349 e. The van der Waals surface area contributed by atoms with E-state index in [-0.39, 0.29) is 41.3 Å². The molecule has 1 heterocycles. The lowest BCUT2D eigenvalue weighted by Crippen LogP contribution is -2.42. The number of benzene rings is 1. The second-order valence-electron chi connectivity index (χ2n) is 7.57. The monoisotopic (exact) mass is 415 g/mol. The molecule has 3 N–H and O–H groups in total. The quantitative estimate of drug-likeness (QED) is 0.790. The normalized spacial score (nSPS) is 26.8. The standard InChI is InChI=1S/C19H29N3O3S.ClH/c1-14-4-2-3-13-22(14)26(24,25)18-11-5-15(6-12-18)19(23)21-17-9-7-16(20)8-10-17;/h5-6,11-12,14,16-17H,2-4,7-10,13,20H2,1H3,(H,21,23);1H. The summed E-state index contributed by atoms with van der Waals surface area (Å²) in [5, 5.41) is 3.03. The molecule has 1 aromatic carbocycles. The molecule has 1 aliphatic carbocycles. The second kappa shape index (κ2) is 9.37. The summed E-state index contributed by atoms with van der Waals surface area (Å²) >= 11 is 0. The summed E-state index contributed by atoms with van der Waals surface area (Å²) < 4.78 is 27.3. The van der Waals surface area contributed by atoms with Crippen LogP contribution in [0.1, 0.15) is 62.2 Å². The topological polar surface area (TPSA) is 92.5 Å². The van der Waals surface area contributed by atoms with E-state index in [2.05, 4.69) is 5.32 Å². The van der Waals surface area contributed by atoms with Crippen molar-refractivity contribution in [2.75, 3.05) is 6.54 Å². The summed E-state index contributed by atoms with van der Waals surface area (Å²) in [6, 6.07) is 6.71. The van der Waals surface area contributed by atoms with Gasteiger partial charge in [-0.3, -0.25) is 4.79 Å². The molecule has 0 spiro atoms. The van der Waals surface area contributed by atoms with Gasteiger partial charge in [-0.15, -0.1) is 12.4 Å². The molecule has 1 atom stereocenters. The Morgan fingerprint density at radius 3 is 2.30 bits per heavy atom. The first-order valence-electron chi connectivity index (χ1n) is 9.56. The molecule has 1 saturated heterocycles. The van der Waals surface area contributed by atoms with Crippen molar-refractivity contribution < 1.29 is 13.2 Å². The van der Waals surface area contributed by atoms with Crippen molar-refractivity contribution in [1.82, 2.24) is 9.62 Å². The highest BCUT2D eigenvalue weighted by atomic mass is 35.5. The number of carbonyl (C=O) groups excluding carboxylic acids is 1. The lowest BCUT2D eigenvalue weighted by Gasteiger charge is -2.32. The van der Waals surface area contributed by atoms with E-state index < -0.39 is 10.0 Å². The lowest BCUT2D eigenvalue weighted by atomic mass is 9.91. The Morgan fingerprint density at radius 1 is 1.07 bits per heavy atom. The summed E-state index contributed by atoms with van der Waals surface area (Å²) in [6.07, 6.45) is 6.50. The molecule has 0 bridgehead atoms. The Morgan fingerprint density at radius 2 is 1.70 bits per heavy atom. The van der Waals surface area contributed by atoms with Crippen LogP contribution in [0.4, 0.5) is 0 Å². The molecule has 1 aromatic rings. The van der Waals surface area contributed by atoms with Crippen LogP contribution in [-0.2, 0) is 10.0 Å². The zero-order chi connectivity index (χ0) is 18.7. The first-order valence-corrected chi connectivity index (χ1v) is 11.0. The third-order valence-corrected chi connectivity index (χ3v) is 7.60. The van der Waals surface area contributed by atoms with Crippen LogP contribution < -0.4 is 11.1 Å². The number of nitrogens with one attached hydrogen (secondary N) is 1. The molecular weight excluding hydrogens is 386 g/mol. The molecule has 1 aliphatic heterocycles. The van der Waals surface area contributed by atoms with E-state index in [9.17, 15) is 13.2 Å². The van der Waals surface area contributed by atoms with Gasteiger partial charge in [0, 0.05) is 30.2 Å². The molecule has 2 fully saturated rings. The molecule has 3 rings (SSSR count). The van der Waals surface area contributed by atoms with Crippen molar-refractivity contribution in [2.45, 2.75) is 74.9 Å². The lowest BCUT2D eigenvalue weighted by molar-refractivity contribution is 0.0925. The molecule has 8 heteroatoms. The van der Waals surface area contributed by atoms with Gasteiger partial charge >= 0.3 is 0 Å². The number of sulfonamides is 1. The number of nitrogens with two attached hydrogens (primary N) is 1. The van der Waals surface area contributed by atoms with Gasteiger partial charge in [0.1, 0.15) is 0 Å². The van der Waals surface area contributed by atoms with Crippen LogP contribution in [0.15, 0.2) is 29.2 Å². The SMILES string of the molecule is CC1CCCCN1S(=O)(=O)c1ccc(C(=O)NC2CCC(N)CC2)cc1.Cl. The first-order chi connectivity index (χ1) is 12.4. The molecule has 152 valence electrons. The molecule has 1 amide bonds. The third kappa shape index (κ3) is 5.22. The number of halogens is 1. The first kappa shape index (κ1) is 22.1. The molecule has 1 saturated carbocycles. The van der Waals surface area contributed by atoms with Gasteiger partial charge in [0.2, 0.25) is 10.0 Å². The number of nitrogens with zero attached hydrogens (tertiary/aromatic N) is 1. The van der Waals surface area contributed by atoms with Gasteiger partial charge in [0.15, 0.2) is 0 Å². The summed E-state index contributed by atoms with van der Waals surface area (Å²) in [5.74, 6) is -0.152. The molecule has 2 aliphatic rings. The van der Waals surface area contributed by atoms with Crippen LogP contribution in [0.3, 0.4) is 0 Å². The average molecular weight is 416 g/mol. The number of rotatable bonds is 4. The van der Waals surface area contributed by atoms with Gasteiger partial charge in [-0.1, -0.05) is 6.42 Å². The van der Waals surface area contributed by atoms with E-state index in [0.29, 0.717) is 12.1 Å². The molecule has 0 aromatic heterocycles. The number of hydrogen-bond donors (Lipinski definition) is 2. The fourth-order valence-corrected chi connectivity index (χ4v) is 5.57. The maximum Gasteiger partial charge on any atom is 0.251 e. The minimum absolute atomic E-state index is 0. The van der Waals surface area contributed by atoms with Crippen LogP contribution >= 0.6 is 12.4 Å². The van der Waals surface area contributed by atoms with E-state index in [0.717, 1.165) is 44.9 Å². The van der Waals surface area contributed by atoms with Gasteiger partial charge in [0.05, 0.1) is 4.90 Å². The predicted molar refractivity (Wildman–Crippen MR) is 109 cm³/mol. The predicted octanol–water partition coefficient (Wildman–Crippen LogP) is 2.67. The van der Waals surface area contributed by atoms with Crippen molar-refractivity contribution in [3.63, 3.8) is 0 Å². The number of amides is 1. The summed E-state index contributed by atoms with van der Waals surface area (Å²) in [6.45, 7) is 2.52. The molecule has 27 heavy (non-hydrogen) atoms. The van der Waals surface area contributed by atoms with Gasteiger partial charge in [-0.2, -0.15) is 4.31 Å².